The van der Waals surface area contributed by atoms with E-state index < -0.39 is 0 Å². The molecule has 2 nitrogen and oxygen atoms in total. The van der Waals surface area contributed by atoms with E-state index in [4.69, 9.17) is 5.73 Å². The molecule has 21 heavy (non-hydrogen) atoms. The van der Waals surface area contributed by atoms with Crippen LogP contribution in [0.5, 0.6) is 0 Å². The van der Waals surface area contributed by atoms with Crippen molar-refractivity contribution in [3.63, 3.8) is 0 Å². The molecule has 1 unspecified atom stereocenters. The van der Waals surface area contributed by atoms with Gasteiger partial charge in [-0.15, -0.1) is 0 Å². The molecule has 1 aliphatic rings. The van der Waals surface area contributed by atoms with Crippen molar-refractivity contribution in [3.05, 3.63) is 59.7 Å². The molecule has 3 rings (SSSR count). The summed E-state index contributed by atoms with van der Waals surface area (Å²) in [6.07, 6.45) is 4.61. The predicted molar refractivity (Wildman–Crippen MR) is 90.2 cm³/mol. The summed E-state index contributed by atoms with van der Waals surface area (Å²) in [6, 6.07) is 17.7. The van der Waals surface area contributed by atoms with Gasteiger partial charge in [0.2, 0.25) is 0 Å². The topological polar surface area (TPSA) is 29.3 Å². The maximum Gasteiger partial charge on any atom is 0.0443 e. The van der Waals surface area contributed by atoms with E-state index >= 15 is 0 Å². The standard InChI is InChI=1S/C19H24N2/c1-15(20)14-17-10-3-5-12-19(17)21-13-7-6-9-16-8-2-4-11-18(16)21/h2-5,8,10-12,15H,6-7,9,13-14,20H2,1H3. The fraction of sp³-hybridized carbons (Fsp3) is 0.368. The molecule has 0 saturated carbocycles. The van der Waals surface area contributed by atoms with Gasteiger partial charge in [-0.05, 0) is 55.9 Å². The Kier molecular flexibility index (Phi) is 4.26. The molecule has 0 spiro atoms. The summed E-state index contributed by atoms with van der Waals surface area (Å²) in [5.74, 6) is 0. The van der Waals surface area contributed by atoms with E-state index in [1.807, 2.05) is 0 Å². The molecule has 2 aromatic carbocycles. The molecule has 1 aliphatic heterocycles. The summed E-state index contributed by atoms with van der Waals surface area (Å²) in [4.78, 5) is 2.49. The second-order valence-corrected chi connectivity index (χ2v) is 6.05. The zero-order valence-corrected chi connectivity index (χ0v) is 12.8. The highest BCUT2D eigenvalue weighted by Gasteiger charge is 2.18. The summed E-state index contributed by atoms with van der Waals surface area (Å²) in [7, 11) is 0. The Balaban J connectivity index is 2.04. The molecule has 0 aromatic heterocycles. The van der Waals surface area contributed by atoms with Crippen LogP contribution < -0.4 is 10.6 Å². The number of rotatable bonds is 3. The lowest BCUT2D eigenvalue weighted by molar-refractivity contribution is 0.730. The van der Waals surface area contributed by atoms with E-state index in [2.05, 4.69) is 60.4 Å². The van der Waals surface area contributed by atoms with Crippen LogP contribution >= 0.6 is 0 Å². The average Bonchev–Trinajstić information content (AvgIpc) is 2.70. The fourth-order valence-electron chi connectivity index (χ4n) is 3.24. The zero-order chi connectivity index (χ0) is 14.7. The molecule has 0 radical (unpaired) electrons. The van der Waals surface area contributed by atoms with Gasteiger partial charge in [0.25, 0.3) is 0 Å². The zero-order valence-electron chi connectivity index (χ0n) is 12.8. The number of hydrogen-bond acceptors (Lipinski definition) is 2. The monoisotopic (exact) mass is 280 g/mol. The van der Waals surface area contributed by atoms with Crippen LogP contribution in [0, 0.1) is 0 Å². The number of nitrogens with zero attached hydrogens (tertiary/aromatic N) is 1. The van der Waals surface area contributed by atoms with E-state index in [-0.39, 0.29) is 6.04 Å². The van der Waals surface area contributed by atoms with Crippen molar-refractivity contribution in [2.75, 3.05) is 11.4 Å². The van der Waals surface area contributed by atoms with E-state index in [0.29, 0.717) is 0 Å². The van der Waals surface area contributed by atoms with Gasteiger partial charge in [0.15, 0.2) is 0 Å². The highest BCUT2D eigenvalue weighted by molar-refractivity contribution is 5.69. The van der Waals surface area contributed by atoms with Crippen LogP contribution in [0.15, 0.2) is 48.5 Å². The van der Waals surface area contributed by atoms with Gasteiger partial charge in [-0.3, -0.25) is 0 Å². The first-order valence-electron chi connectivity index (χ1n) is 7.94. The minimum atomic E-state index is 0.188. The van der Waals surface area contributed by atoms with Crippen LogP contribution in [0.4, 0.5) is 11.4 Å². The number of para-hydroxylation sites is 2. The van der Waals surface area contributed by atoms with Crippen LogP contribution in [0.2, 0.25) is 0 Å². The van der Waals surface area contributed by atoms with Gasteiger partial charge in [-0.1, -0.05) is 36.4 Å². The Bertz CT molecular complexity index is 604. The minimum Gasteiger partial charge on any atom is -0.341 e. The molecule has 1 heterocycles. The van der Waals surface area contributed by atoms with Crippen molar-refractivity contribution < 1.29 is 0 Å². The normalized spacial score (nSPS) is 16.2. The first kappa shape index (κ1) is 14.2. The number of benzene rings is 2. The van der Waals surface area contributed by atoms with Gasteiger partial charge < -0.3 is 10.6 Å². The third-order valence-electron chi connectivity index (χ3n) is 4.18. The highest BCUT2D eigenvalue weighted by Crippen LogP contribution is 2.34. The Morgan fingerprint density at radius 1 is 1.00 bits per heavy atom. The van der Waals surface area contributed by atoms with E-state index in [1.165, 1.54) is 41.8 Å². The second kappa shape index (κ2) is 6.31. The lowest BCUT2D eigenvalue weighted by Gasteiger charge is -2.28. The molecule has 110 valence electrons. The van der Waals surface area contributed by atoms with Gasteiger partial charge in [0, 0.05) is 24.0 Å². The first-order chi connectivity index (χ1) is 10.3. The number of fused-ring (bicyclic) bond motifs is 1. The van der Waals surface area contributed by atoms with E-state index in [1.54, 1.807) is 0 Å². The molecule has 0 fully saturated rings. The van der Waals surface area contributed by atoms with Crippen LogP contribution in [0.3, 0.4) is 0 Å². The molecule has 2 heteroatoms. The van der Waals surface area contributed by atoms with E-state index in [0.717, 1.165) is 13.0 Å². The third kappa shape index (κ3) is 3.11. The average molecular weight is 280 g/mol. The van der Waals surface area contributed by atoms with Gasteiger partial charge >= 0.3 is 0 Å². The number of anilines is 2. The lowest BCUT2D eigenvalue weighted by Crippen LogP contribution is -2.23. The predicted octanol–water partition coefficient (Wildman–Crippen LogP) is 4.05. The number of hydrogen-bond donors (Lipinski definition) is 1. The van der Waals surface area contributed by atoms with Crippen LogP contribution in [0.25, 0.3) is 0 Å². The summed E-state index contributed by atoms with van der Waals surface area (Å²) >= 11 is 0. The molecule has 2 N–H and O–H groups in total. The molecule has 0 amide bonds. The van der Waals surface area contributed by atoms with Crippen molar-refractivity contribution in [1.82, 2.24) is 0 Å². The summed E-state index contributed by atoms with van der Waals surface area (Å²) < 4.78 is 0. The largest absolute Gasteiger partial charge is 0.341 e. The molecule has 0 aliphatic carbocycles. The molecular weight excluding hydrogens is 256 g/mol. The van der Waals surface area contributed by atoms with Crippen molar-refractivity contribution in [1.29, 1.82) is 0 Å². The van der Waals surface area contributed by atoms with Crippen molar-refractivity contribution >= 4 is 11.4 Å². The van der Waals surface area contributed by atoms with Gasteiger partial charge in [0.05, 0.1) is 0 Å². The minimum absolute atomic E-state index is 0.188. The van der Waals surface area contributed by atoms with Crippen LogP contribution in [-0.4, -0.2) is 12.6 Å². The summed E-state index contributed by atoms with van der Waals surface area (Å²) in [5, 5.41) is 0. The van der Waals surface area contributed by atoms with Gasteiger partial charge in [-0.25, -0.2) is 0 Å². The Morgan fingerprint density at radius 3 is 2.52 bits per heavy atom. The summed E-state index contributed by atoms with van der Waals surface area (Å²) in [6.45, 7) is 3.17. The van der Waals surface area contributed by atoms with Crippen molar-refractivity contribution in [2.45, 2.75) is 38.6 Å². The third-order valence-corrected chi connectivity index (χ3v) is 4.18. The maximum atomic E-state index is 6.03. The second-order valence-electron chi connectivity index (χ2n) is 6.05. The smallest absolute Gasteiger partial charge is 0.0443 e. The van der Waals surface area contributed by atoms with Crippen molar-refractivity contribution in [2.24, 2.45) is 5.73 Å². The SMILES string of the molecule is CC(N)Cc1ccccc1N1CCCCc2ccccc21. The number of aryl methyl sites for hydroxylation is 1. The molecule has 1 atom stereocenters. The first-order valence-corrected chi connectivity index (χ1v) is 7.94. The van der Waals surface area contributed by atoms with Crippen LogP contribution in [-0.2, 0) is 12.8 Å². The Labute approximate surface area is 127 Å². The highest BCUT2D eigenvalue weighted by atomic mass is 15.1. The fourth-order valence-corrected chi connectivity index (χ4v) is 3.24. The van der Waals surface area contributed by atoms with Crippen LogP contribution in [0.1, 0.15) is 30.9 Å². The van der Waals surface area contributed by atoms with Gasteiger partial charge in [-0.2, -0.15) is 0 Å². The van der Waals surface area contributed by atoms with Gasteiger partial charge in [0.1, 0.15) is 0 Å². The van der Waals surface area contributed by atoms with E-state index in [9.17, 15) is 0 Å². The molecule has 0 bridgehead atoms. The molecule has 2 aromatic rings. The summed E-state index contributed by atoms with van der Waals surface area (Å²) in [5.41, 5.74) is 11.5. The Morgan fingerprint density at radius 2 is 1.71 bits per heavy atom. The Hall–Kier alpha value is -1.80. The molecule has 0 saturated heterocycles. The number of nitrogens with two attached hydrogens (primary N) is 1. The van der Waals surface area contributed by atoms with Crippen molar-refractivity contribution in [3.8, 4) is 0 Å². The quantitative estimate of drug-likeness (QED) is 0.919. The maximum absolute atomic E-state index is 6.03. The molecular formula is C19H24N2. The lowest BCUT2D eigenvalue weighted by atomic mass is 10.0.